The highest BCUT2D eigenvalue weighted by Gasteiger charge is 2.16. The highest BCUT2D eigenvalue weighted by Crippen LogP contribution is 2.35. The highest BCUT2D eigenvalue weighted by molar-refractivity contribution is 6.35. The molecule has 8 heteroatoms. The number of fused-ring (bicyclic) bond motifs is 1. The van der Waals surface area contributed by atoms with E-state index in [1.165, 1.54) is 0 Å². The third-order valence-corrected chi connectivity index (χ3v) is 4.11. The number of halogens is 2. The molecule has 0 spiro atoms. The number of carbonyl (C=O) groups is 1. The van der Waals surface area contributed by atoms with Gasteiger partial charge in [0.05, 0.1) is 11.6 Å². The largest absolute Gasteiger partial charge is 0.492 e. The molecule has 0 radical (unpaired) electrons. The molecule has 1 atom stereocenters. The Morgan fingerprint density at radius 3 is 2.81 bits per heavy atom. The lowest BCUT2D eigenvalue weighted by Crippen LogP contribution is -2.38. The molecule has 1 amide bonds. The molecule has 0 bridgehead atoms. The van der Waals surface area contributed by atoms with Crippen LogP contribution in [0.2, 0.25) is 10.0 Å². The van der Waals surface area contributed by atoms with Gasteiger partial charge in [-0.1, -0.05) is 23.2 Å². The normalized spacial score (nSPS) is 13.2. The summed E-state index contributed by atoms with van der Waals surface area (Å²) in [5.74, 6) is 2.10. The van der Waals surface area contributed by atoms with Crippen molar-refractivity contribution in [2.45, 2.75) is 13.0 Å². The van der Waals surface area contributed by atoms with Crippen LogP contribution in [0, 0.1) is 0 Å². The Balaban J connectivity index is 1.42. The minimum Gasteiger partial charge on any atom is -0.492 e. The molecule has 0 saturated heterocycles. The van der Waals surface area contributed by atoms with Crippen LogP contribution in [0.1, 0.15) is 6.92 Å². The highest BCUT2D eigenvalue weighted by atomic mass is 35.5. The number of rotatable bonds is 7. The van der Waals surface area contributed by atoms with Crippen molar-refractivity contribution in [3.05, 3.63) is 46.4 Å². The molecule has 6 nitrogen and oxygen atoms in total. The smallest absolute Gasteiger partial charge is 0.260 e. The number of hydrogen-bond acceptors (Lipinski definition) is 5. The van der Waals surface area contributed by atoms with E-state index in [9.17, 15) is 4.79 Å². The van der Waals surface area contributed by atoms with E-state index in [0.717, 1.165) is 0 Å². The van der Waals surface area contributed by atoms with E-state index in [1.54, 1.807) is 43.3 Å². The quantitative estimate of drug-likeness (QED) is 0.721. The maximum Gasteiger partial charge on any atom is 0.260 e. The topological polar surface area (TPSA) is 66.0 Å². The summed E-state index contributed by atoms with van der Waals surface area (Å²) >= 11 is 11.9. The molecule has 0 aromatic heterocycles. The van der Waals surface area contributed by atoms with Gasteiger partial charge >= 0.3 is 0 Å². The lowest BCUT2D eigenvalue weighted by Gasteiger charge is -2.16. The van der Waals surface area contributed by atoms with Crippen molar-refractivity contribution in [1.29, 1.82) is 0 Å². The summed E-state index contributed by atoms with van der Waals surface area (Å²) in [6, 6.07) is 10.1. The van der Waals surface area contributed by atoms with E-state index >= 15 is 0 Å². The maximum absolute atomic E-state index is 12.1. The molecule has 2 aromatic carbocycles. The minimum absolute atomic E-state index is 0.213. The SMILES string of the molecule is C[C@@H](Oc1ccc(Cl)cc1Cl)C(=O)NCCOc1ccc2c(c1)OCO2. The first-order valence-corrected chi connectivity index (χ1v) is 8.70. The van der Waals surface area contributed by atoms with Crippen molar-refractivity contribution < 1.29 is 23.7 Å². The first-order chi connectivity index (χ1) is 12.5. The number of benzene rings is 2. The van der Waals surface area contributed by atoms with Crippen LogP contribution in [0.25, 0.3) is 0 Å². The molecule has 1 N–H and O–H groups in total. The molecule has 1 aliphatic rings. The number of nitrogens with one attached hydrogen (secondary N) is 1. The number of ether oxygens (including phenoxy) is 4. The predicted molar refractivity (Wildman–Crippen MR) is 97.6 cm³/mol. The second-order valence-corrected chi connectivity index (χ2v) is 6.33. The van der Waals surface area contributed by atoms with Gasteiger partial charge in [0.2, 0.25) is 6.79 Å². The van der Waals surface area contributed by atoms with Crippen LogP contribution in [0.3, 0.4) is 0 Å². The van der Waals surface area contributed by atoms with E-state index in [2.05, 4.69) is 5.32 Å². The fraction of sp³-hybridized carbons (Fsp3) is 0.278. The predicted octanol–water partition coefficient (Wildman–Crippen LogP) is 3.68. The van der Waals surface area contributed by atoms with Crippen molar-refractivity contribution in [2.24, 2.45) is 0 Å². The maximum atomic E-state index is 12.1. The zero-order valence-corrected chi connectivity index (χ0v) is 15.5. The summed E-state index contributed by atoms with van der Waals surface area (Å²) < 4.78 is 21.7. The molecule has 1 aliphatic heterocycles. The van der Waals surface area contributed by atoms with Gasteiger partial charge in [0, 0.05) is 11.1 Å². The van der Waals surface area contributed by atoms with Crippen LogP contribution in [0.5, 0.6) is 23.0 Å². The fourth-order valence-corrected chi connectivity index (χ4v) is 2.72. The average Bonchev–Trinajstić information content (AvgIpc) is 3.08. The molecule has 3 rings (SSSR count). The first-order valence-electron chi connectivity index (χ1n) is 7.95. The van der Waals surface area contributed by atoms with Gasteiger partial charge in [-0.3, -0.25) is 4.79 Å². The second kappa shape index (κ2) is 8.38. The van der Waals surface area contributed by atoms with Gasteiger partial charge < -0.3 is 24.3 Å². The summed E-state index contributed by atoms with van der Waals surface area (Å²) in [6.07, 6.45) is -0.709. The number of carbonyl (C=O) groups excluding carboxylic acids is 1. The third kappa shape index (κ3) is 4.65. The molecule has 1 heterocycles. The third-order valence-electron chi connectivity index (χ3n) is 3.58. The summed E-state index contributed by atoms with van der Waals surface area (Å²) in [6.45, 7) is 2.48. The van der Waals surface area contributed by atoms with Crippen LogP contribution in [0.15, 0.2) is 36.4 Å². The molecule has 2 aromatic rings. The average molecular weight is 398 g/mol. The van der Waals surface area contributed by atoms with Gasteiger partial charge in [-0.15, -0.1) is 0 Å². The summed E-state index contributed by atoms with van der Waals surface area (Å²) in [7, 11) is 0. The van der Waals surface area contributed by atoms with Crippen LogP contribution in [-0.4, -0.2) is 32.0 Å². The van der Waals surface area contributed by atoms with Crippen LogP contribution >= 0.6 is 23.2 Å². The Hall–Kier alpha value is -2.31. The number of hydrogen-bond donors (Lipinski definition) is 1. The van der Waals surface area contributed by atoms with E-state index in [4.69, 9.17) is 42.1 Å². The Kier molecular flexibility index (Phi) is 5.96. The Labute approximate surface area is 160 Å². The Morgan fingerprint density at radius 1 is 1.19 bits per heavy atom. The van der Waals surface area contributed by atoms with Gasteiger partial charge in [-0.2, -0.15) is 0 Å². The zero-order valence-electron chi connectivity index (χ0n) is 14.0. The van der Waals surface area contributed by atoms with E-state index in [-0.39, 0.29) is 12.7 Å². The van der Waals surface area contributed by atoms with Crippen LogP contribution in [0.4, 0.5) is 0 Å². The van der Waals surface area contributed by atoms with Crippen molar-refractivity contribution in [3.63, 3.8) is 0 Å². The van der Waals surface area contributed by atoms with Gasteiger partial charge in [0.25, 0.3) is 5.91 Å². The molecule has 0 saturated carbocycles. The van der Waals surface area contributed by atoms with Gasteiger partial charge in [0.15, 0.2) is 17.6 Å². The molecule has 138 valence electrons. The zero-order chi connectivity index (χ0) is 18.5. The second-order valence-electron chi connectivity index (χ2n) is 5.49. The van der Waals surface area contributed by atoms with Crippen molar-refractivity contribution in [3.8, 4) is 23.0 Å². The molecule has 0 fully saturated rings. The van der Waals surface area contributed by atoms with Crippen molar-refractivity contribution in [1.82, 2.24) is 5.32 Å². The van der Waals surface area contributed by atoms with Gasteiger partial charge in [-0.25, -0.2) is 0 Å². The minimum atomic E-state index is -0.709. The van der Waals surface area contributed by atoms with Crippen molar-refractivity contribution >= 4 is 29.1 Å². The van der Waals surface area contributed by atoms with E-state index < -0.39 is 6.10 Å². The molecular weight excluding hydrogens is 381 g/mol. The monoisotopic (exact) mass is 397 g/mol. The van der Waals surface area contributed by atoms with Crippen molar-refractivity contribution in [2.75, 3.05) is 19.9 Å². The molecular formula is C18H17Cl2NO5. The van der Waals surface area contributed by atoms with Crippen LogP contribution < -0.4 is 24.3 Å². The summed E-state index contributed by atoms with van der Waals surface area (Å²) in [4.78, 5) is 12.1. The summed E-state index contributed by atoms with van der Waals surface area (Å²) in [5, 5.41) is 3.59. The lowest BCUT2D eigenvalue weighted by atomic mass is 10.3. The van der Waals surface area contributed by atoms with Gasteiger partial charge in [0.1, 0.15) is 18.1 Å². The first kappa shape index (κ1) is 18.5. The fourth-order valence-electron chi connectivity index (χ4n) is 2.27. The standard InChI is InChI=1S/C18H17Cl2NO5/c1-11(26-15-4-2-12(19)8-14(15)20)18(22)21-6-7-23-13-3-5-16-17(9-13)25-10-24-16/h2-5,8-9,11H,6-7,10H2,1H3,(H,21,22)/t11-/m1/s1. The lowest BCUT2D eigenvalue weighted by molar-refractivity contribution is -0.127. The molecule has 0 unspecified atom stereocenters. The number of amides is 1. The summed E-state index contributed by atoms with van der Waals surface area (Å²) in [5.41, 5.74) is 0. The Bertz CT molecular complexity index is 799. The van der Waals surface area contributed by atoms with Crippen LogP contribution in [-0.2, 0) is 4.79 Å². The van der Waals surface area contributed by atoms with E-state index in [0.29, 0.717) is 46.2 Å². The molecule has 0 aliphatic carbocycles. The Morgan fingerprint density at radius 2 is 2.00 bits per heavy atom. The van der Waals surface area contributed by atoms with E-state index in [1.807, 2.05) is 0 Å². The van der Waals surface area contributed by atoms with Gasteiger partial charge in [-0.05, 0) is 37.3 Å². The molecule has 26 heavy (non-hydrogen) atoms.